The van der Waals surface area contributed by atoms with E-state index in [1.54, 1.807) is 0 Å². The number of hydrogen-bond donors (Lipinski definition) is 1. The van der Waals surface area contributed by atoms with Gasteiger partial charge in [0.05, 0.1) is 11.8 Å². The van der Waals surface area contributed by atoms with Crippen LogP contribution in [0.2, 0.25) is 0 Å². The minimum atomic E-state index is 0.263. The highest BCUT2D eigenvalue weighted by Gasteiger charge is 2.50. The molecule has 3 atom stereocenters. The van der Waals surface area contributed by atoms with Crippen molar-refractivity contribution < 1.29 is 4.74 Å². The average molecular weight is 262 g/mol. The van der Waals surface area contributed by atoms with Crippen LogP contribution in [0.5, 0.6) is 0 Å². The van der Waals surface area contributed by atoms with Crippen molar-refractivity contribution >= 4 is 0 Å². The van der Waals surface area contributed by atoms with Crippen molar-refractivity contribution in [3.05, 3.63) is 29.6 Å². The molecule has 1 aliphatic rings. The van der Waals surface area contributed by atoms with Crippen LogP contribution in [0.3, 0.4) is 0 Å². The van der Waals surface area contributed by atoms with Crippen molar-refractivity contribution in [2.24, 2.45) is 5.41 Å². The Hall–Kier alpha value is -0.930. The van der Waals surface area contributed by atoms with E-state index in [1.807, 2.05) is 12.3 Å². The lowest BCUT2D eigenvalue weighted by Crippen LogP contribution is -2.62. The molecule has 106 valence electrons. The van der Waals surface area contributed by atoms with Gasteiger partial charge in [-0.05, 0) is 38.3 Å². The number of ether oxygens (including phenoxy) is 1. The normalized spacial score (nSPS) is 30.1. The Morgan fingerprint density at radius 1 is 1.47 bits per heavy atom. The van der Waals surface area contributed by atoms with Crippen LogP contribution in [-0.4, -0.2) is 23.7 Å². The molecule has 0 spiro atoms. The lowest BCUT2D eigenvalue weighted by Gasteiger charge is -2.53. The summed E-state index contributed by atoms with van der Waals surface area (Å²) < 4.78 is 5.83. The summed E-state index contributed by atoms with van der Waals surface area (Å²) in [6.07, 6.45) is 4.54. The third-order valence-corrected chi connectivity index (χ3v) is 4.74. The smallest absolute Gasteiger partial charge is 0.0658 e. The van der Waals surface area contributed by atoms with Crippen LogP contribution in [-0.2, 0) is 11.3 Å². The predicted octanol–water partition coefficient (Wildman–Crippen LogP) is 3.07. The maximum absolute atomic E-state index is 5.83. The van der Waals surface area contributed by atoms with Crippen molar-refractivity contribution in [1.82, 2.24) is 10.3 Å². The summed E-state index contributed by atoms with van der Waals surface area (Å²) in [4.78, 5) is 4.44. The van der Waals surface area contributed by atoms with Gasteiger partial charge in [0.25, 0.3) is 0 Å². The van der Waals surface area contributed by atoms with Gasteiger partial charge < -0.3 is 10.1 Å². The van der Waals surface area contributed by atoms with Crippen molar-refractivity contribution in [3.8, 4) is 0 Å². The zero-order chi connectivity index (χ0) is 13.9. The maximum Gasteiger partial charge on any atom is 0.0658 e. The van der Waals surface area contributed by atoms with Crippen LogP contribution >= 0.6 is 0 Å². The second-order valence-corrected chi connectivity index (χ2v) is 5.74. The summed E-state index contributed by atoms with van der Waals surface area (Å²) in [5.74, 6) is 0. The number of aromatic nitrogens is 1. The summed E-state index contributed by atoms with van der Waals surface area (Å²) in [5.41, 5.74) is 2.67. The highest BCUT2D eigenvalue weighted by atomic mass is 16.5. The average Bonchev–Trinajstić information content (AvgIpc) is 2.42. The molecular formula is C16H26N2O. The van der Waals surface area contributed by atoms with Crippen molar-refractivity contribution in [2.45, 2.75) is 59.2 Å². The second-order valence-electron chi connectivity index (χ2n) is 5.74. The first-order valence-corrected chi connectivity index (χ1v) is 7.37. The molecule has 1 fully saturated rings. The molecule has 0 saturated heterocycles. The minimum Gasteiger partial charge on any atom is -0.378 e. The maximum atomic E-state index is 5.83. The number of nitrogens with zero attached hydrogens (tertiary/aromatic N) is 1. The van der Waals surface area contributed by atoms with E-state index < -0.39 is 0 Å². The van der Waals surface area contributed by atoms with Crippen LogP contribution in [0.25, 0.3) is 0 Å². The molecule has 3 heteroatoms. The summed E-state index contributed by atoms with van der Waals surface area (Å²) >= 11 is 0. The molecule has 0 aromatic carbocycles. The lowest BCUT2D eigenvalue weighted by molar-refractivity contribution is -0.126. The van der Waals surface area contributed by atoms with Gasteiger partial charge in [0.1, 0.15) is 0 Å². The van der Waals surface area contributed by atoms with Crippen molar-refractivity contribution in [1.29, 1.82) is 0 Å². The predicted molar refractivity (Wildman–Crippen MR) is 78.0 cm³/mol. The molecule has 3 nitrogen and oxygen atoms in total. The van der Waals surface area contributed by atoms with Gasteiger partial charge in [-0.15, -0.1) is 0 Å². The number of pyridine rings is 1. The molecule has 19 heavy (non-hydrogen) atoms. The van der Waals surface area contributed by atoms with Crippen molar-refractivity contribution in [3.63, 3.8) is 0 Å². The van der Waals surface area contributed by atoms with Crippen LogP contribution in [0.15, 0.2) is 18.3 Å². The Balaban J connectivity index is 1.92. The second kappa shape index (κ2) is 6.02. The highest BCUT2D eigenvalue weighted by Crippen LogP contribution is 2.45. The fourth-order valence-electron chi connectivity index (χ4n) is 2.99. The zero-order valence-electron chi connectivity index (χ0n) is 12.6. The fraction of sp³-hybridized carbons (Fsp3) is 0.688. The molecule has 3 unspecified atom stereocenters. The Morgan fingerprint density at radius 3 is 2.89 bits per heavy atom. The number of nitrogens with one attached hydrogen (secondary N) is 1. The summed E-state index contributed by atoms with van der Waals surface area (Å²) in [7, 11) is 0. The highest BCUT2D eigenvalue weighted by molar-refractivity contribution is 5.18. The van der Waals surface area contributed by atoms with E-state index in [0.717, 1.165) is 31.7 Å². The molecule has 1 aromatic heterocycles. The minimum absolute atomic E-state index is 0.263. The van der Waals surface area contributed by atoms with Crippen molar-refractivity contribution in [2.75, 3.05) is 6.61 Å². The third-order valence-electron chi connectivity index (χ3n) is 4.74. The lowest BCUT2D eigenvalue weighted by atomic mass is 9.61. The van der Waals surface area contributed by atoms with E-state index in [0.29, 0.717) is 12.1 Å². The van der Waals surface area contributed by atoms with Gasteiger partial charge >= 0.3 is 0 Å². The first kappa shape index (κ1) is 14.5. The number of hydrogen-bond acceptors (Lipinski definition) is 3. The summed E-state index contributed by atoms with van der Waals surface area (Å²) in [6.45, 7) is 10.4. The van der Waals surface area contributed by atoms with E-state index in [-0.39, 0.29) is 5.41 Å². The molecule has 1 N–H and O–H groups in total. The first-order valence-electron chi connectivity index (χ1n) is 7.37. The third kappa shape index (κ3) is 2.82. The van der Waals surface area contributed by atoms with Gasteiger partial charge in [-0.2, -0.15) is 0 Å². The van der Waals surface area contributed by atoms with Gasteiger partial charge in [0, 0.05) is 30.8 Å². The number of rotatable bonds is 6. The van der Waals surface area contributed by atoms with Gasteiger partial charge in [-0.1, -0.05) is 19.9 Å². The monoisotopic (exact) mass is 262 g/mol. The van der Waals surface area contributed by atoms with Crippen LogP contribution in [0.1, 0.15) is 44.9 Å². The molecule has 0 radical (unpaired) electrons. The summed E-state index contributed by atoms with van der Waals surface area (Å²) in [5, 5.41) is 3.66. The largest absolute Gasteiger partial charge is 0.378 e. The fourth-order valence-corrected chi connectivity index (χ4v) is 2.99. The van der Waals surface area contributed by atoms with Gasteiger partial charge in [-0.25, -0.2) is 0 Å². The Labute approximate surface area is 116 Å². The standard InChI is InChI=1S/C16H26N2O/c1-5-16(4)14(10-15(16)19-6-2)18-11-13-12(3)8-7-9-17-13/h7-9,14-15,18H,5-6,10-11H2,1-4H3. The Kier molecular flexibility index (Phi) is 4.58. The molecular weight excluding hydrogens is 236 g/mol. The molecule has 2 rings (SSSR count). The van der Waals surface area contributed by atoms with Crippen LogP contribution in [0, 0.1) is 12.3 Å². The molecule has 0 aliphatic heterocycles. The van der Waals surface area contributed by atoms with E-state index >= 15 is 0 Å². The van der Waals surface area contributed by atoms with E-state index in [2.05, 4.69) is 44.1 Å². The Bertz CT molecular complexity index is 421. The van der Waals surface area contributed by atoms with Gasteiger partial charge in [-0.3, -0.25) is 4.98 Å². The van der Waals surface area contributed by atoms with E-state index in [1.165, 1.54) is 5.56 Å². The first-order chi connectivity index (χ1) is 9.11. The van der Waals surface area contributed by atoms with Crippen LogP contribution < -0.4 is 5.32 Å². The van der Waals surface area contributed by atoms with Crippen LogP contribution in [0.4, 0.5) is 0 Å². The molecule has 1 aromatic rings. The van der Waals surface area contributed by atoms with E-state index in [4.69, 9.17) is 4.74 Å². The van der Waals surface area contributed by atoms with Gasteiger partial charge in [0.15, 0.2) is 0 Å². The molecule has 0 amide bonds. The quantitative estimate of drug-likeness (QED) is 0.855. The Morgan fingerprint density at radius 2 is 2.26 bits per heavy atom. The molecule has 1 aliphatic carbocycles. The zero-order valence-corrected chi connectivity index (χ0v) is 12.6. The summed E-state index contributed by atoms with van der Waals surface area (Å²) in [6, 6.07) is 4.64. The topological polar surface area (TPSA) is 34.1 Å². The number of aryl methyl sites for hydroxylation is 1. The van der Waals surface area contributed by atoms with Gasteiger partial charge in [0.2, 0.25) is 0 Å². The SMILES string of the molecule is CCOC1CC(NCc2ncccc2C)C1(C)CC. The molecule has 0 bridgehead atoms. The molecule has 1 heterocycles. The molecule has 1 saturated carbocycles. The van der Waals surface area contributed by atoms with E-state index in [9.17, 15) is 0 Å².